The summed E-state index contributed by atoms with van der Waals surface area (Å²) >= 11 is 0. The van der Waals surface area contributed by atoms with Gasteiger partial charge in [0, 0.05) is 49.1 Å². The molecule has 1 fully saturated rings. The van der Waals surface area contributed by atoms with E-state index in [4.69, 9.17) is 0 Å². The van der Waals surface area contributed by atoms with Crippen molar-refractivity contribution in [2.24, 2.45) is 0 Å². The molecule has 2 aromatic rings. The lowest BCUT2D eigenvalue weighted by Crippen LogP contribution is -2.46. The van der Waals surface area contributed by atoms with E-state index in [9.17, 15) is 20.1 Å². The zero-order valence-electron chi connectivity index (χ0n) is 15.1. The lowest BCUT2D eigenvalue weighted by molar-refractivity contribution is -0.131. The van der Waals surface area contributed by atoms with Gasteiger partial charge in [-0.1, -0.05) is 24.3 Å². The van der Waals surface area contributed by atoms with Crippen LogP contribution in [0.1, 0.15) is 17.5 Å². The number of phenolic OH excluding ortho intramolecular Hbond substituents is 3. The number of likely N-dealkylation sites (N-methyl/N-ethyl adjacent to an activating group) is 1. The van der Waals surface area contributed by atoms with Crippen LogP contribution in [0.25, 0.3) is 16.8 Å². The van der Waals surface area contributed by atoms with Crippen molar-refractivity contribution in [3.63, 3.8) is 0 Å². The highest BCUT2D eigenvalue weighted by Crippen LogP contribution is 2.43. The molecule has 1 amide bonds. The molecule has 0 saturated carbocycles. The maximum atomic E-state index is 12.3. The monoisotopic (exact) mass is 356 g/mol. The zero-order chi connectivity index (χ0) is 18.8. The number of hydrogen-bond acceptors (Lipinski definition) is 5. The van der Waals surface area contributed by atoms with Gasteiger partial charge in [-0.05, 0) is 20.0 Å². The van der Waals surface area contributed by atoms with E-state index < -0.39 is 0 Å². The van der Waals surface area contributed by atoms with E-state index in [1.807, 2.05) is 11.9 Å². The molecule has 0 unspecified atom stereocenters. The largest absolute Gasteiger partial charge is 0.507 e. The third kappa shape index (κ3) is 3.32. The summed E-state index contributed by atoms with van der Waals surface area (Å²) in [5.41, 5.74) is 0.909. The molecule has 1 aliphatic heterocycles. The van der Waals surface area contributed by atoms with Gasteiger partial charge in [0.25, 0.3) is 0 Å². The molecule has 138 valence electrons. The molecule has 0 bridgehead atoms. The van der Waals surface area contributed by atoms with Gasteiger partial charge in [0.15, 0.2) is 0 Å². The van der Waals surface area contributed by atoms with Crippen molar-refractivity contribution >= 4 is 22.8 Å². The van der Waals surface area contributed by atoms with E-state index in [1.54, 1.807) is 31.2 Å². The summed E-state index contributed by atoms with van der Waals surface area (Å²) in [6.45, 7) is 4.87. The van der Waals surface area contributed by atoms with E-state index in [0.717, 1.165) is 26.2 Å². The summed E-state index contributed by atoms with van der Waals surface area (Å²) in [6.07, 6.45) is 3.54. The van der Waals surface area contributed by atoms with E-state index in [1.165, 1.54) is 6.07 Å². The van der Waals surface area contributed by atoms with Crippen LogP contribution in [0.15, 0.2) is 24.3 Å². The maximum absolute atomic E-state index is 12.3. The first-order valence-electron chi connectivity index (χ1n) is 8.69. The van der Waals surface area contributed by atoms with Gasteiger partial charge in [-0.2, -0.15) is 0 Å². The van der Waals surface area contributed by atoms with Gasteiger partial charge in [0.2, 0.25) is 5.91 Å². The van der Waals surface area contributed by atoms with Crippen molar-refractivity contribution in [3.05, 3.63) is 35.4 Å². The van der Waals surface area contributed by atoms with Gasteiger partial charge in [-0.15, -0.1) is 0 Å². The lowest BCUT2D eigenvalue weighted by atomic mass is 9.97. The van der Waals surface area contributed by atoms with Crippen molar-refractivity contribution in [3.8, 4) is 17.2 Å². The Labute approximate surface area is 152 Å². The Hall–Kier alpha value is -2.73. The number of amides is 1. The molecule has 6 nitrogen and oxygen atoms in total. The normalized spacial score (nSPS) is 15.8. The molecule has 1 heterocycles. The SMILES string of the molecule is Cc1c(/C=C/CC(=O)N2CCN(C)CC2)c(O)c2c(O)cccc2c1O. The van der Waals surface area contributed by atoms with Gasteiger partial charge in [-0.25, -0.2) is 0 Å². The molecule has 0 aromatic heterocycles. The van der Waals surface area contributed by atoms with E-state index in [-0.39, 0.29) is 35.0 Å². The Morgan fingerprint density at radius 3 is 2.50 bits per heavy atom. The van der Waals surface area contributed by atoms with Crippen LogP contribution in [0, 0.1) is 6.92 Å². The Morgan fingerprint density at radius 1 is 1.12 bits per heavy atom. The highest BCUT2D eigenvalue weighted by Gasteiger charge is 2.19. The minimum Gasteiger partial charge on any atom is -0.507 e. The predicted molar refractivity (Wildman–Crippen MR) is 101 cm³/mol. The summed E-state index contributed by atoms with van der Waals surface area (Å²) in [4.78, 5) is 16.3. The van der Waals surface area contributed by atoms with Crippen LogP contribution in [0.3, 0.4) is 0 Å². The third-order valence-electron chi connectivity index (χ3n) is 4.98. The molecule has 0 atom stereocenters. The van der Waals surface area contributed by atoms with Gasteiger partial charge >= 0.3 is 0 Å². The Bertz CT molecular complexity index is 868. The minimum atomic E-state index is -0.100. The predicted octanol–water partition coefficient (Wildman–Crippen LogP) is 2.44. The molecular formula is C20H24N2O4. The highest BCUT2D eigenvalue weighted by molar-refractivity contribution is 6.01. The summed E-state index contributed by atoms with van der Waals surface area (Å²) in [5, 5.41) is 31.6. The van der Waals surface area contributed by atoms with Crippen molar-refractivity contribution in [2.45, 2.75) is 13.3 Å². The lowest BCUT2D eigenvalue weighted by Gasteiger charge is -2.32. The van der Waals surface area contributed by atoms with Gasteiger partial charge in [0.05, 0.1) is 5.39 Å². The van der Waals surface area contributed by atoms with Crippen molar-refractivity contribution in [2.75, 3.05) is 33.2 Å². The molecule has 1 saturated heterocycles. The van der Waals surface area contributed by atoms with Gasteiger partial charge in [-0.3, -0.25) is 4.79 Å². The fourth-order valence-electron chi connectivity index (χ4n) is 3.29. The number of hydrogen-bond donors (Lipinski definition) is 3. The Morgan fingerprint density at radius 2 is 1.81 bits per heavy atom. The number of aromatic hydroxyl groups is 3. The standard InChI is InChI=1S/C20H24N2O4/c1-13-14(5-4-8-17(24)22-11-9-21(2)10-12-22)20(26)18-15(19(13)25)6-3-7-16(18)23/h3-7,23,25-26H,8-12H2,1-2H3/b5-4+. The second-order valence-corrected chi connectivity index (χ2v) is 6.73. The third-order valence-corrected chi connectivity index (χ3v) is 4.98. The molecule has 26 heavy (non-hydrogen) atoms. The van der Waals surface area contributed by atoms with Gasteiger partial charge in [0.1, 0.15) is 17.2 Å². The van der Waals surface area contributed by atoms with Crippen LogP contribution < -0.4 is 0 Å². The van der Waals surface area contributed by atoms with Crippen LogP contribution in [-0.4, -0.2) is 64.3 Å². The van der Waals surface area contributed by atoms with Crippen LogP contribution in [0.2, 0.25) is 0 Å². The molecule has 0 radical (unpaired) electrons. The van der Waals surface area contributed by atoms with Crippen LogP contribution >= 0.6 is 0 Å². The van der Waals surface area contributed by atoms with E-state index >= 15 is 0 Å². The number of rotatable bonds is 3. The summed E-state index contributed by atoms with van der Waals surface area (Å²) in [7, 11) is 2.04. The number of carbonyl (C=O) groups is 1. The smallest absolute Gasteiger partial charge is 0.226 e. The number of carbonyl (C=O) groups excluding carboxylic acids is 1. The molecule has 3 N–H and O–H groups in total. The summed E-state index contributed by atoms with van der Waals surface area (Å²) in [5.74, 6) is -0.145. The Balaban J connectivity index is 1.83. The van der Waals surface area contributed by atoms with E-state index in [2.05, 4.69) is 4.90 Å². The Kier molecular flexibility index (Phi) is 5.04. The van der Waals surface area contributed by atoms with Crippen molar-refractivity contribution < 1.29 is 20.1 Å². The topological polar surface area (TPSA) is 84.2 Å². The minimum absolute atomic E-state index is 0.0127. The number of phenols is 3. The van der Waals surface area contributed by atoms with E-state index in [0.29, 0.717) is 16.5 Å². The highest BCUT2D eigenvalue weighted by atomic mass is 16.3. The van der Waals surface area contributed by atoms with Crippen LogP contribution in [-0.2, 0) is 4.79 Å². The second kappa shape index (κ2) is 7.25. The molecular weight excluding hydrogens is 332 g/mol. The second-order valence-electron chi connectivity index (χ2n) is 6.73. The quantitative estimate of drug-likeness (QED) is 0.736. The number of piperazine rings is 1. The van der Waals surface area contributed by atoms with Crippen LogP contribution in [0.4, 0.5) is 0 Å². The molecule has 0 aliphatic carbocycles. The first-order chi connectivity index (χ1) is 12.4. The summed E-state index contributed by atoms with van der Waals surface area (Å²) in [6, 6.07) is 4.71. The maximum Gasteiger partial charge on any atom is 0.226 e. The van der Waals surface area contributed by atoms with Crippen molar-refractivity contribution in [1.29, 1.82) is 0 Å². The fraction of sp³-hybridized carbons (Fsp3) is 0.350. The van der Waals surface area contributed by atoms with Crippen LogP contribution in [0.5, 0.6) is 17.2 Å². The molecule has 0 spiro atoms. The van der Waals surface area contributed by atoms with Crippen molar-refractivity contribution in [1.82, 2.24) is 9.80 Å². The number of nitrogens with zero attached hydrogens (tertiary/aromatic N) is 2. The average molecular weight is 356 g/mol. The fourth-order valence-corrected chi connectivity index (χ4v) is 3.29. The zero-order valence-corrected chi connectivity index (χ0v) is 15.1. The molecule has 2 aromatic carbocycles. The molecule has 1 aliphatic rings. The first-order valence-corrected chi connectivity index (χ1v) is 8.69. The number of fused-ring (bicyclic) bond motifs is 1. The summed E-state index contributed by atoms with van der Waals surface area (Å²) < 4.78 is 0. The molecule has 3 rings (SSSR count). The molecule has 6 heteroatoms. The van der Waals surface area contributed by atoms with Gasteiger partial charge < -0.3 is 25.1 Å². The number of benzene rings is 2. The first kappa shape index (κ1) is 18.1. The average Bonchev–Trinajstić information content (AvgIpc) is 2.63.